The summed E-state index contributed by atoms with van der Waals surface area (Å²) in [4.78, 5) is 35.3. The van der Waals surface area contributed by atoms with E-state index in [2.05, 4.69) is 30.1 Å². The highest BCUT2D eigenvalue weighted by Crippen LogP contribution is 2.35. The normalized spacial score (nSPS) is 19.0. The molecule has 1 fully saturated rings. The molecule has 0 saturated carbocycles. The second-order valence-corrected chi connectivity index (χ2v) is 7.51. The van der Waals surface area contributed by atoms with Crippen LogP contribution in [0.25, 0.3) is 0 Å². The summed E-state index contributed by atoms with van der Waals surface area (Å²) in [7, 11) is 1.79. The molecule has 1 aliphatic carbocycles. The van der Waals surface area contributed by atoms with E-state index < -0.39 is 0 Å². The Morgan fingerprint density at radius 2 is 1.73 bits per heavy atom. The van der Waals surface area contributed by atoms with E-state index in [0.717, 1.165) is 43.6 Å². The third-order valence-electron chi connectivity index (χ3n) is 5.70. The van der Waals surface area contributed by atoms with E-state index in [4.69, 9.17) is 9.40 Å². The van der Waals surface area contributed by atoms with Crippen molar-refractivity contribution in [2.24, 2.45) is 0 Å². The predicted octanol–water partition coefficient (Wildman–Crippen LogP) is 2.14. The molecule has 154 valence electrons. The minimum Gasteiger partial charge on any atom is -0.469 e. The van der Waals surface area contributed by atoms with Gasteiger partial charge in [-0.15, -0.1) is 0 Å². The number of carbonyl (C=O) groups excluding carboxylic acids is 1. The van der Waals surface area contributed by atoms with Gasteiger partial charge in [-0.1, -0.05) is 0 Å². The molecule has 0 radical (unpaired) electrons. The molecule has 9 nitrogen and oxygen atoms in total. The fourth-order valence-electron chi connectivity index (χ4n) is 4.17. The van der Waals surface area contributed by atoms with Gasteiger partial charge in [0.05, 0.1) is 17.5 Å². The van der Waals surface area contributed by atoms with Crippen LogP contribution in [0.15, 0.2) is 41.3 Å². The lowest BCUT2D eigenvalue weighted by atomic mass is 9.84. The van der Waals surface area contributed by atoms with E-state index in [1.807, 2.05) is 18.2 Å². The van der Waals surface area contributed by atoms with Gasteiger partial charge < -0.3 is 19.5 Å². The number of carbonyl (C=O) groups is 1. The maximum absolute atomic E-state index is 12.9. The first-order valence-corrected chi connectivity index (χ1v) is 10.1. The lowest BCUT2D eigenvalue weighted by molar-refractivity contribution is 0.0959. The van der Waals surface area contributed by atoms with Gasteiger partial charge in [0.25, 0.3) is 0 Å². The van der Waals surface area contributed by atoms with Gasteiger partial charge in [0.1, 0.15) is 11.6 Å². The number of piperazine rings is 1. The van der Waals surface area contributed by atoms with Crippen molar-refractivity contribution in [3.63, 3.8) is 0 Å². The summed E-state index contributed by atoms with van der Waals surface area (Å²) in [5.41, 5.74) is 1.40. The molecule has 2 aliphatic rings. The van der Waals surface area contributed by atoms with Crippen LogP contribution >= 0.6 is 0 Å². The van der Waals surface area contributed by atoms with Crippen LogP contribution in [-0.2, 0) is 6.42 Å². The van der Waals surface area contributed by atoms with Gasteiger partial charge in [0.15, 0.2) is 5.78 Å². The molecule has 4 heterocycles. The number of fused-ring (bicyclic) bond motifs is 1. The molecule has 9 heteroatoms. The third-order valence-corrected chi connectivity index (χ3v) is 5.70. The number of nitrogens with zero attached hydrogens (tertiary/aromatic N) is 6. The van der Waals surface area contributed by atoms with Crippen LogP contribution in [0.3, 0.4) is 0 Å². The molecule has 1 N–H and O–H groups in total. The van der Waals surface area contributed by atoms with Gasteiger partial charge in [-0.3, -0.25) is 4.79 Å². The van der Waals surface area contributed by atoms with Crippen LogP contribution in [0.2, 0.25) is 0 Å². The Morgan fingerprint density at radius 1 is 1.00 bits per heavy atom. The summed E-state index contributed by atoms with van der Waals surface area (Å²) < 4.78 is 5.55. The van der Waals surface area contributed by atoms with Crippen molar-refractivity contribution in [1.82, 2.24) is 19.9 Å². The molecule has 1 aliphatic heterocycles. The largest absolute Gasteiger partial charge is 0.469 e. The minimum absolute atomic E-state index is 0.0135. The Morgan fingerprint density at radius 3 is 2.40 bits per heavy atom. The van der Waals surface area contributed by atoms with Gasteiger partial charge in [0.2, 0.25) is 11.9 Å². The molecule has 5 rings (SSSR count). The van der Waals surface area contributed by atoms with Gasteiger partial charge in [-0.25, -0.2) is 15.0 Å². The first-order chi connectivity index (χ1) is 14.7. The monoisotopic (exact) mass is 405 g/mol. The average molecular weight is 405 g/mol. The molecule has 1 saturated heterocycles. The van der Waals surface area contributed by atoms with E-state index in [1.165, 1.54) is 0 Å². The molecular formula is C21H23N7O2. The van der Waals surface area contributed by atoms with Crippen molar-refractivity contribution in [3.8, 4) is 0 Å². The van der Waals surface area contributed by atoms with Crippen molar-refractivity contribution in [3.05, 3.63) is 53.9 Å². The van der Waals surface area contributed by atoms with E-state index in [9.17, 15) is 4.79 Å². The summed E-state index contributed by atoms with van der Waals surface area (Å²) in [6, 6.07) is 5.60. The van der Waals surface area contributed by atoms with Crippen LogP contribution in [0.1, 0.15) is 34.2 Å². The van der Waals surface area contributed by atoms with Crippen molar-refractivity contribution >= 4 is 23.5 Å². The molecular weight excluding hydrogens is 382 g/mol. The molecule has 3 aromatic rings. The number of ketones is 1. The van der Waals surface area contributed by atoms with E-state index in [1.54, 1.807) is 25.7 Å². The second-order valence-electron chi connectivity index (χ2n) is 7.51. The number of aromatic nitrogens is 4. The number of rotatable bonds is 4. The first kappa shape index (κ1) is 18.5. The predicted molar refractivity (Wildman–Crippen MR) is 112 cm³/mol. The van der Waals surface area contributed by atoms with E-state index in [0.29, 0.717) is 30.2 Å². The number of nitrogens with one attached hydrogen (secondary N) is 1. The molecule has 30 heavy (non-hydrogen) atoms. The van der Waals surface area contributed by atoms with Crippen LogP contribution in [0.4, 0.5) is 17.7 Å². The quantitative estimate of drug-likeness (QED) is 0.699. The maximum Gasteiger partial charge on any atom is 0.227 e. The molecule has 0 unspecified atom stereocenters. The number of Topliss-reactive ketones (excluding diaryl/α,β-unsaturated/α-hetero) is 1. The summed E-state index contributed by atoms with van der Waals surface area (Å²) in [5.74, 6) is 2.90. The standard InChI is InChI=1S/C21H23N7O2/c1-22-19-18-15(12-14(13-16(18)29)17-4-2-11-30-17)25-21(26-19)28-9-7-27(8-10-28)20-23-5-3-6-24-20/h2-6,11,14H,7-10,12-13H2,1H3,(H,22,25,26)/t14-/m0/s1. The molecule has 0 bridgehead atoms. The lowest BCUT2D eigenvalue weighted by Crippen LogP contribution is -2.48. The number of anilines is 3. The highest BCUT2D eigenvalue weighted by molar-refractivity contribution is 6.03. The molecule has 0 aromatic carbocycles. The van der Waals surface area contributed by atoms with Gasteiger partial charge in [-0.2, -0.15) is 4.98 Å². The van der Waals surface area contributed by atoms with Crippen molar-refractivity contribution < 1.29 is 9.21 Å². The molecule has 1 atom stereocenters. The Balaban J connectivity index is 1.39. The number of furan rings is 1. The van der Waals surface area contributed by atoms with Crippen molar-refractivity contribution in [2.75, 3.05) is 48.3 Å². The SMILES string of the molecule is CNc1nc(N2CCN(c3ncccn3)CC2)nc2c1C(=O)C[C@@H](c1ccco1)C2. The molecule has 3 aromatic heterocycles. The summed E-state index contributed by atoms with van der Waals surface area (Å²) in [5, 5.41) is 3.10. The first-order valence-electron chi connectivity index (χ1n) is 10.1. The fourth-order valence-corrected chi connectivity index (χ4v) is 4.17. The van der Waals surface area contributed by atoms with Crippen LogP contribution < -0.4 is 15.1 Å². The Kier molecular flexibility index (Phi) is 4.78. The lowest BCUT2D eigenvalue weighted by Gasteiger charge is -2.35. The van der Waals surface area contributed by atoms with Gasteiger partial charge in [-0.05, 0) is 18.2 Å². The highest BCUT2D eigenvalue weighted by Gasteiger charge is 2.33. The summed E-state index contributed by atoms with van der Waals surface area (Å²) in [6.45, 7) is 3.09. The van der Waals surface area contributed by atoms with Crippen molar-refractivity contribution in [2.45, 2.75) is 18.8 Å². The highest BCUT2D eigenvalue weighted by atomic mass is 16.3. The zero-order valence-electron chi connectivity index (χ0n) is 16.8. The average Bonchev–Trinajstić information content (AvgIpc) is 3.34. The van der Waals surface area contributed by atoms with E-state index >= 15 is 0 Å². The minimum atomic E-state index is 0.0135. The second kappa shape index (κ2) is 7.74. The van der Waals surface area contributed by atoms with Gasteiger partial charge >= 0.3 is 0 Å². The van der Waals surface area contributed by atoms with Crippen LogP contribution in [0, 0.1) is 0 Å². The zero-order valence-corrected chi connectivity index (χ0v) is 16.8. The molecule has 0 spiro atoms. The van der Waals surface area contributed by atoms with Crippen molar-refractivity contribution in [1.29, 1.82) is 0 Å². The summed E-state index contributed by atoms with van der Waals surface area (Å²) in [6.07, 6.45) is 6.24. The maximum atomic E-state index is 12.9. The van der Waals surface area contributed by atoms with Gasteiger partial charge in [0, 0.05) is 64.4 Å². The smallest absolute Gasteiger partial charge is 0.227 e. The third kappa shape index (κ3) is 3.36. The topological polar surface area (TPSA) is 100 Å². The number of hydrogen-bond acceptors (Lipinski definition) is 9. The molecule has 0 amide bonds. The van der Waals surface area contributed by atoms with Crippen LogP contribution in [-0.4, -0.2) is 58.9 Å². The Labute approximate surface area is 174 Å². The Bertz CT molecular complexity index is 1030. The fraction of sp³-hybridized carbons (Fsp3) is 0.381. The summed E-state index contributed by atoms with van der Waals surface area (Å²) >= 11 is 0. The Hall–Kier alpha value is -3.49. The van der Waals surface area contributed by atoms with Crippen LogP contribution in [0.5, 0.6) is 0 Å². The zero-order chi connectivity index (χ0) is 20.5. The van der Waals surface area contributed by atoms with E-state index in [-0.39, 0.29) is 11.7 Å². The number of hydrogen-bond donors (Lipinski definition) is 1.